The second-order valence-corrected chi connectivity index (χ2v) is 4.10. The molecular formula is C13H12N4O. The molecule has 0 saturated heterocycles. The Labute approximate surface area is 104 Å². The molecule has 0 spiro atoms. The molecule has 3 N–H and O–H groups in total. The van der Waals surface area contributed by atoms with Gasteiger partial charge in [0.2, 0.25) is 5.91 Å². The molecule has 2 aromatic rings. The molecule has 1 aromatic heterocycles. The lowest BCUT2D eigenvalue weighted by molar-refractivity contribution is -0.115. The van der Waals surface area contributed by atoms with Gasteiger partial charge in [0.25, 0.3) is 0 Å². The molecule has 3 rings (SSSR count). The zero-order chi connectivity index (χ0) is 12.5. The number of amides is 1. The number of nitrogens with two attached hydrogens (primary N) is 1. The van der Waals surface area contributed by atoms with Crippen molar-refractivity contribution in [3.05, 3.63) is 42.6 Å². The van der Waals surface area contributed by atoms with Crippen molar-refractivity contribution in [2.24, 2.45) is 0 Å². The summed E-state index contributed by atoms with van der Waals surface area (Å²) in [6.45, 7) is 0.244. The van der Waals surface area contributed by atoms with Crippen LogP contribution in [0.3, 0.4) is 0 Å². The van der Waals surface area contributed by atoms with Gasteiger partial charge in [0, 0.05) is 18.0 Å². The van der Waals surface area contributed by atoms with E-state index in [0.717, 1.165) is 11.4 Å². The van der Waals surface area contributed by atoms with Crippen LogP contribution in [0.15, 0.2) is 42.6 Å². The summed E-state index contributed by atoms with van der Waals surface area (Å²) in [5, 5.41) is 2.83. The number of pyridine rings is 1. The van der Waals surface area contributed by atoms with E-state index in [2.05, 4.69) is 10.3 Å². The molecule has 0 aliphatic carbocycles. The van der Waals surface area contributed by atoms with E-state index in [1.165, 1.54) is 0 Å². The second kappa shape index (κ2) is 4.03. The first kappa shape index (κ1) is 10.6. The molecule has 1 aromatic carbocycles. The Bertz CT molecular complexity index is 611. The van der Waals surface area contributed by atoms with Crippen LogP contribution in [0.5, 0.6) is 0 Å². The molecule has 2 heterocycles. The molecule has 1 aliphatic heterocycles. The number of benzene rings is 1. The second-order valence-electron chi connectivity index (χ2n) is 4.10. The largest absolute Gasteiger partial charge is 0.399 e. The van der Waals surface area contributed by atoms with Gasteiger partial charge in [-0.2, -0.15) is 0 Å². The highest BCUT2D eigenvalue weighted by molar-refractivity contribution is 6.02. The van der Waals surface area contributed by atoms with E-state index in [9.17, 15) is 4.79 Å². The SMILES string of the molecule is Nc1ccnc(N2CC(=O)Nc3ccccc32)c1. The molecule has 18 heavy (non-hydrogen) atoms. The lowest BCUT2D eigenvalue weighted by Gasteiger charge is -2.29. The minimum Gasteiger partial charge on any atom is -0.399 e. The van der Waals surface area contributed by atoms with Crippen LogP contribution in [0.2, 0.25) is 0 Å². The van der Waals surface area contributed by atoms with Crippen LogP contribution < -0.4 is 16.0 Å². The first-order chi connectivity index (χ1) is 8.74. The number of carbonyl (C=O) groups is 1. The lowest BCUT2D eigenvalue weighted by Crippen LogP contribution is -2.35. The number of nitrogens with zero attached hydrogens (tertiary/aromatic N) is 2. The molecule has 1 aliphatic rings. The zero-order valence-electron chi connectivity index (χ0n) is 9.63. The van der Waals surface area contributed by atoms with Gasteiger partial charge in [0.15, 0.2) is 0 Å². The minimum absolute atomic E-state index is 0.0575. The highest BCUT2D eigenvalue weighted by Gasteiger charge is 2.23. The number of fused-ring (bicyclic) bond motifs is 1. The molecule has 90 valence electrons. The number of nitrogen functional groups attached to an aromatic ring is 1. The fourth-order valence-corrected chi connectivity index (χ4v) is 2.02. The quantitative estimate of drug-likeness (QED) is 0.796. The zero-order valence-corrected chi connectivity index (χ0v) is 9.63. The Kier molecular flexibility index (Phi) is 2.37. The summed E-state index contributed by atoms with van der Waals surface area (Å²) >= 11 is 0. The Morgan fingerprint density at radius 1 is 1.28 bits per heavy atom. The van der Waals surface area contributed by atoms with Gasteiger partial charge >= 0.3 is 0 Å². The first-order valence-corrected chi connectivity index (χ1v) is 5.62. The third-order valence-electron chi connectivity index (χ3n) is 2.82. The number of nitrogens with one attached hydrogen (secondary N) is 1. The molecule has 0 unspecified atom stereocenters. The first-order valence-electron chi connectivity index (χ1n) is 5.62. The van der Waals surface area contributed by atoms with Crippen LogP contribution >= 0.6 is 0 Å². The molecular weight excluding hydrogens is 228 g/mol. The predicted molar refractivity (Wildman–Crippen MR) is 70.7 cm³/mol. The van der Waals surface area contributed by atoms with Crippen LogP contribution in [-0.4, -0.2) is 17.4 Å². The van der Waals surface area contributed by atoms with Gasteiger partial charge in [-0.15, -0.1) is 0 Å². The number of rotatable bonds is 1. The maximum Gasteiger partial charge on any atom is 0.244 e. The highest BCUT2D eigenvalue weighted by Crippen LogP contribution is 2.33. The van der Waals surface area contributed by atoms with E-state index in [1.54, 1.807) is 18.3 Å². The van der Waals surface area contributed by atoms with Gasteiger partial charge < -0.3 is 16.0 Å². The average Bonchev–Trinajstić information content (AvgIpc) is 2.37. The molecule has 0 saturated carbocycles. The Hall–Kier alpha value is -2.56. The van der Waals surface area contributed by atoms with Gasteiger partial charge in [-0.3, -0.25) is 4.79 Å². The van der Waals surface area contributed by atoms with Crippen molar-refractivity contribution in [3.8, 4) is 0 Å². The van der Waals surface area contributed by atoms with Gasteiger partial charge in [0.1, 0.15) is 12.4 Å². The fraction of sp³-hybridized carbons (Fsp3) is 0.0769. The average molecular weight is 240 g/mol. The third kappa shape index (κ3) is 1.75. The molecule has 0 atom stereocenters. The van der Waals surface area contributed by atoms with Crippen molar-refractivity contribution in [3.63, 3.8) is 0 Å². The van der Waals surface area contributed by atoms with E-state index >= 15 is 0 Å². The number of carbonyl (C=O) groups excluding carboxylic acids is 1. The smallest absolute Gasteiger partial charge is 0.244 e. The van der Waals surface area contributed by atoms with Gasteiger partial charge in [-0.25, -0.2) is 4.98 Å². The topological polar surface area (TPSA) is 71.2 Å². The molecule has 5 nitrogen and oxygen atoms in total. The van der Waals surface area contributed by atoms with Crippen LogP contribution in [0, 0.1) is 0 Å². The van der Waals surface area contributed by atoms with Gasteiger partial charge in [-0.05, 0) is 18.2 Å². The van der Waals surface area contributed by atoms with E-state index in [-0.39, 0.29) is 12.5 Å². The fourth-order valence-electron chi connectivity index (χ4n) is 2.02. The molecule has 1 amide bonds. The van der Waals surface area contributed by atoms with Crippen LogP contribution in [-0.2, 0) is 4.79 Å². The minimum atomic E-state index is -0.0575. The number of para-hydroxylation sites is 2. The molecule has 0 fully saturated rings. The number of hydrogen-bond donors (Lipinski definition) is 2. The van der Waals surface area contributed by atoms with E-state index in [0.29, 0.717) is 11.5 Å². The molecule has 5 heteroatoms. The van der Waals surface area contributed by atoms with E-state index in [4.69, 9.17) is 5.73 Å². The summed E-state index contributed by atoms with van der Waals surface area (Å²) in [5.74, 6) is 0.621. The number of anilines is 4. The maximum atomic E-state index is 11.7. The summed E-state index contributed by atoms with van der Waals surface area (Å²) in [6, 6.07) is 11.1. The van der Waals surface area contributed by atoms with E-state index in [1.807, 2.05) is 29.2 Å². The monoisotopic (exact) mass is 240 g/mol. The Morgan fingerprint density at radius 2 is 2.11 bits per heavy atom. The van der Waals surface area contributed by atoms with E-state index < -0.39 is 0 Å². The summed E-state index contributed by atoms with van der Waals surface area (Å²) < 4.78 is 0. The van der Waals surface area contributed by atoms with Gasteiger partial charge in [-0.1, -0.05) is 12.1 Å². The van der Waals surface area contributed by atoms with Crippen molar-refractivity contribution >= 4 is 28.8 Å². The summed E-state index contributed by atoms with van der Waals surface area (Å²) in [4.78, 5) is 17.8. The third-order valence-corrected chi connectivity index (χ3v) is 2.82. The van der Waals surface area contributed by atoms with Crippen molar-refractivity contribution in [2.45, 2.75) is 0 Å². The number of hydrogen-bond acceptors (Lipinski definition) is 4. The summed E-state index contributed by atoms with van der Waals surface area (Å²) in [5.41, 5.74) is 8.10. The maximum absolute atomic E-state index is 11.7. The van der Waals surface area contributed by atoms with Crippen molar-refractivity contribution in [1.82, 2.24) is 4.98 Å². The van der Waals surface area contributed by atoms with Crippen LogP contribution in [0.4, 0.5) is 22.9 Å². The highest BCUT2D eigenvalue weighted by atomic mass is 16.2. The predicted octanol–water partition coefficient (Wildman–Crippen LogP) is 1.75. The standard InChI is InChI=1S/C13H12N4O/c14-9-5-6-15-12(7-9)17-8-13(18)16-10-3-1-2-4-11(10)17/h1-7H,8H2,(H2,14,15)(H,16,18). The lowest BCUT2D eigenvalue weighted by atomic mass is 10.2. The van der Waals surface area contributed by atoms with Crippen LogP contribution in [0.1, 0.15) is 0 Å². The van der Waals surface area contributed by atoms with Gasteiger partial charge in [0.05, 0.1) is 11.4 Å². The van der Waals surface area contributed by atoms with Crippen molar-refractivity contribution in [1.29, 1.82) is 0 Å². The molecule has 0 radical (unpaired) electrons. The number of aromatic nitrogens is 1. The van der Waals surface area contributed by atoms with Crippen LogP contribution in [0.25, 0.3) is 0 Å². The Morgan fingerprint density at radius 3 is 2.94 bits per heavy atom. The summed E-state index contributed by atoms with van der Waals surface area (Å²) in [7, 11) is 0. The Balaban J connectivity index is 2.10. The molecule has 0 bridgehead atoms. The summed E-state index contributed by atoms with van der Waals surface area (Å²) in [6.07, 6.45) is 1.64. The van der Waals surface area contributed by atoms with Crippen molar-refractivity contribution < 1.29 is 4.79 Å². The van der Waals surface area contributed by atoms with Crippen molar-refractivity contribution in [2.75, 3.05) is 22.5 Å². The normalized spacial score (nSPS) is 14.0.